The van der Waals surface area contributed by atoms with E-state index in [9.17, 15) is 13.2 Å². The number of halogens is 3. The number of alkyl halides is 3. The maximum absolute atomic E-state index is 12.5. The largest absolute Gasteiger partial charge is 0.390 e. The molecule has 118 valence electrons. The van der Waals surface area contributed by atoms with Gasteiger partial charge in [0.15, 0.2) is 0 Å². The summed E-state index contributed by atoms with van der Waals surface area (Å²) in [6.45, 7) is 8.15. The van der Waals surface area contributed by atoms with Crippen molar-refractivity contribution >= 4 is 0 Å². The molecule has 0 aromatic heterocycles. The first kappa shape index (κ1) is 16.1. The molecular weight excluding hydrogens is 265 g/mol. The third kappa shape index (κ3) is 3.88. The number of piperazine rings is 1. The lowest BCUT2D eigenvalue weighted by molar-refractivity contribution is -0.141. The zero-order chi connectivity index (χ0) is 15.0. The molecule has 2 aliphatic rings. The minimum absolute atomic E-state index is 0.00948. The Morgan fingerprint density at radius 2 is 2.00 bits per heavy atom. The van der Waals surface area contributed by atoms with Crippen LogP contribution in [0.2, 0.25) is 0 Å². The smallest absolute Gasteiger partial charge is 0.308 e. The van der Waals surface area contributed by atoms with Crippen LogP contribution in [0.1, 0.15) is 46.5 Å². The zero-order valence-electron chi connectivity index (χ0n) is 12.8. The monoisotopic (exact) mass is 292 g/mol. The molecule has 2 rings (SSSR count). The molecule has 0 aromatic rings. The molecule has 3 atom stereocenters. The van der Waals surface area contributed by atoms with E-state index in [0.717, 1.165) is 19.5 Å². The highest BCUT2D eigenvalue weighted by Crippen LogP contribution is 2.42. The Morgan fingerprint density at radius 3 is 2.50 bits per heavy atom. The summed E-state index contributed by atoms with van der Waals surface area (Å²) in [4.78, 5) is 2.09. The van der Waals surface area contributed by atoms with Gasteiger partial charge in [-0.05, 0) is 31.6 Å². The molecule has 0 bridgehead atoms. The van der Waals surface area contributed by atoms with Gasteiger partial charge in [0.1, 0.15) is 0 Å². The van der Waals surface area contributed by atoms with Gasteiger partial charge in [-0.3, -0.25) is 4.90 Å². The SMILES string of the molecule is CCC(C)C1CNC(C)(C2CC2)CN1CCC(F)(F)F. The van der Waals surface area contributed by atoms with Gasteiger partial charge in [0, 0.05) is 31.2 Å². The summed E-state index contributed by atoms with van der Waals surface area (Å²) in [5.41, 5.74) is 0.00948. The summed E-state index contributed by atoms with van der Waals surface area (Å²) in [5.74, 6) is 1.08. The molecule has 2 nitrogen and oxygen atoms in total. The summed E-state index contributed by atoms with van der Waals surface area (Å²) in [6, 6.07) is 0.231. The van der Waals surface area contributed by atoms with Crippen molar-refractivity contribution in [1.29, 1.82) is 0 Å². The van der Waals surface area contributed by atoms with E-state index in [4.69, 9.17) is 0 Å². The van der Waals surface area contributed by atoms with Crippen LogP contribution in [0.15, 0.2) is 0 Å². The van der Waals surface area contributed by atoms with E-state index in [2.05, 4.69) is 31.0 Å². The summed E-state index contributed by atoms with van der Waals surface area (Å²) in [6.07, 6.45) is -1.31. The third-order valence-corrected chi connectivity index (χ3v) is 5.18. The fraction of sp³-hybridized carbons (Fsp3) is 1.00. The Balaban J connectivity index is 2.02. The van der Waals surface area contributed by atoms with E-state index in [-0.39, 0.29) is 18.1 Å². The second kappa shape index (κ2) is 5.84. The number of nitrogens with zero attached hydrogens (tertiary/aromatic N) is 1. The molecule has 1 aliphatic heterocycles. The number of hydrogen-bond donors (Lipinski definition) is 1. The lowest BCUT2D eigenvalue weighted by Gasteiger charge is -2.48. The van der Waals surface area contributed by atoms with Crippen LogP contribution in [-0.4, -0.2) is 42.3 Å². The topological polar surface area (TPSA) is 15.3 Å². The van der Waals surface area contributed by atoms with Crippen molar-refractivity contribution in [2.75, 3.05) is 19.6 Å². The quantitative estimate of drug-likeness (QED) is 0.835. The standard InChI is InChI=1S/C15H27F3N2/c1-4-11(2)13-9-19-14(3,12-5-6-12)10-20(13)8-7-15(16,17)18/h11-13,19H,4-10H2,1-3H3. The molecule has 3 unspecified atom stereocenters. The maximum atomic E-state index is 12.5. The second-order valence-corrected chi connectivity index (χ2v) is 6.86. The van der Waals surface area contributed by atoms with Gasteiger partial charge in [0.05, 0.1) is 6.42 Å². The first-order valence-corrected chi connectivity index (χ1v) is 7.81. The summed E-state index contributed by atoms with van der Waals surface area (Å²) >= 11 is 0. The van der Waals surface area contributed by atoms with E-state index in [1.807, 2.05) is 0 Å². The lowest BCUT2D eigenvalue weighted by atomic mass is 9.86. The van der Waals surface area contributed by atoms with Crippen LogP contribution in [-0.2, 0) is 0 Å². The van der Waals surface area contributed by atoms with Gasteiger partial charge in [-0.2, -0.15) is 13.2 Å². The molecule has 0 aromatic carbocycles. The second-order valence-electron chi connectivity index (χ2n) is 6.86. The first-order chi connectivity index (χ1) is 9.25. The average molecular weight is 292 g/mol. The van der Waals surface area contributed by atoms with Crippen LogP contribution in [0.3, 0.4) is 0 Å². The van der Waals surface area contributed by atoms with Gasteiger partial charge in [-0.1, -0.05) is 20.3 Å². The van der Waals surface area contributed by atoms with Gasteiger partial charge < -0.3 is 5.32 Å². The number of hydrogen-bond acceptors (Lipinski definition) is 2. The Morgan fingerprint density at radius 1 is 1.35 bits per heavy atom. The molecule has 0 radical (unpaired) electrons. The zero-order valence-corrected chi connectivity index (χ0v) is 12.8. The van der Waals surface area contributed by atoms with E-state index < -0.39 is 12.6 Å². The third-order valence-electron chi connectivity index (χ3n) is 5.18. The highest BCUT2D eigenvalue weighted by Gasteiger charge is 2.47. The Labute approximate surface area is 120 Å². The van der Waals surface area contributed by atoms with Crippen LogP contribution < -0.4 is 5.32 Å². The fourth-order valence-electron chi connectivity index (χ4n) is 3.40. The number of nitrogens with one attached hydrogen (secondary N) is 1. The van der Waals surface area contributed by atoms with Crippen molar-refractivity contribution in [2.45, 2.75) is 64.2 Å². The lowest BCUT2D eigenvalue weighted by Crippen LogP contribution is -2.65. The molecular formula is C15H27F3N2. The van der Waals surface area contributed by atoms with Crippen LogP contribution in [0, 0.1) is 11.8 Å². The average Bonchev–Trinajstić information content (AvgIpc) is 3.19. The molecule has 0 spiro atoms. The van der Waals surface area contributed by atoms with E-state index in [0.29, 0.717) is 11.8 Å². The fourth-order valence-corrected chi connectivity index (χ4v) is 3.40. The molecule has 5 heteroatoms. The van der Waals surface area contributed by atoms with E-state index in [1.165, 1.54) is 12.8 Å². The minimum atomic E-state index is -4.05. The molecule has 2 fully saturated rings. The summed E-state index contributed by atoms with van der Waals surface area (Å²) in [7, 11) is 0. The van der Waals surface area contributed by atoms with Crippen LogP contribution in [0.5, 0.6) is 0 Å². The first-order valence-electron chi connectivity index (χ1n) is 7.81. The van der Waals surface area contributed by atoms with Gasteiger partial charge in [0.2, 0.25) is 0 Å². The van der Waals surface area contributed by atoms with Gasteiger partial charge in [-0.15, -0.1) is 0 Å². The summed E-state index contributed by atoms with van der Waals surface area (Å²) in [5, 5.41) is 3.63. The molecule has 1 N–H and O–H groups in total. The van der Waals surface area contributed by atoms with Crippen LogP contribution in [0.4, 0.5) is 13.2 Å². The molecule has 20 heavy (non-hydrogen) atoms. The van der Waals surface area contributed by atoms with Crippen molar-refractivity contribution in [3.05, 3.63) is 0 Å². The molecule has 0 amide bonds. The highest BCUT2D eigenvalue weighted by atomic mass is 19.4. The maximum Gasteiger partial charge on any atom is 0.390 e. The van der Waals surface area contributed by atoms with Gasteiger partial charge >= 0.3 is 6.18 Å². The summed E-state index contributed by atoms with van der Waals surface area (Å²) < 4.78 is 37.6. The van der Waals surface area contributed by atoms with Crippen molar-refractivity contribution in [3.63, 3.8) is 0 Å². The van der Waals surface area contributed by atoms with E-state index in [1.54, 1.807) is 0 Å². The van der Waals surface area contributed by atoms with Crippen LogP contribution >= 0.6 is 0 Å². The van der Waals surface area contributed by atoms with Gasteiger partial charge in [-0.25, -0.2) is 0 Å². The molecule has 1 heterocycles. The van der Waals surface area contributed by atoms with Crippen molar-refractivity contribution in [3.8, 4) is 0 Å². The Bertz CT molecular complexity index is 328. The van der Waals surface area contributed by atoms with Gasteiger partial charge in [0.25, 0.3) is 0 Å². The predicted octanol–water partition coefficient (Wildman–Crippen LogP) is 3.43. The Kier molecular flexibility index (Phi) is 4.69. The molecule has 1 saturated heterocycles. The predicted molar refractivity (Wildman–Crippen MR) is 74.6 cm³/mol. The van der Waals surface area contributed by atoms with Crippen molar-refractivity contribution < 1.29 is 13.2 Å². The normalized spacial score (nSPS) is 34.2. The van der Waals surface area contributed by atoms with Crippen molar-refractivity contribution in [2.24, 2.45) is 11.8 Å². The van der Waals surface area contributed by atoms with E-state index >= 15 is 0 Å². The minimum Gasteiger partial charge on any atom is -0.308 e. The highest BCUT2D eigenvalue weighted by molar-refractivity contribution is 5.04. The van der Waals surface area contributed by atoms with Crippen LogP contribution in [0.25, 0.3) is 0 Å². The van der Waals surface area contributed by atoms with Crippen molar-refractivity contribution in [1.82, 2.24) is 10.2 Å². The Hall–Kier alpha value is -0.290. The molecule has 1 saturated carbocycles. The number of rotatable bonds is 5. The molecule has 1 aliphatic carbocycles.